The lowest BCUT2D eigenvalue weighted by Crippen LogP contribution is -2.10. The van der Waals surface area contributed by atoms with Gasteiger partial charge in [-0.3, -0.25) is 0 Å². The van der Waals surface area contributed by atoms with E-state index in [-0.39, 0.29) is 17.0 Å². The SMILES string of the molecule is FC(F)(F)c1cnc(Cl)cc1OC1CC1. The van der Waals surface area contributed by atoms with E-state index in [9.17, 15) is 13.2 Å². The van der Waals surface area contributed by atoms with Crippen molar-refractivity contribution < 1.29 is 17.9 Å². The number of rotatable bonds is 2. The van der Waals surface area contributed by atoms with Crippen molar-refractivity contribution >= 4 is 11.6 Å². The van der Waals surface area contributed by atoms with Gasteiger partial charge in [-0.05, 0) is 12.8 Å². The van der Waals surface area contributed by atoms with E-state index in [1.54, 1.807) is 0 Å². The number of hydrogen-bond donors (Lipinski definition) is 0. The Hall–Kier alpha value is -0.970. The summed E-state index contributed by atoms with van der Waals surface area (Å²) in [6.07, 6.45) is -2.29. The Bertz CT molecular complexity index is 376. The highest BCUT2D eigenvalue weighted by Gasteiger charge is 2.36. The van der Waals surface area contributed by atoms with E-state index in [0.717, 1.165) is 18.9 Å². The Balaban J connectivity index is 2.34. The second-order valence-corrected chi connectivity index (χ2v) is 3.71. The molecule has 1 aliphatic carbocycles. The van der Waals surface area contributed by atoms with Crippen LogP contribution < -0.4 is 4.74 Å². The van der Waals surface area contributed by atoms with Crippen LogP contribution in [-0.4, -0.2) is 11.1 Å². The molecule has 1 fully saturated rings. The zero-order chi connectivity index (χ0) is 11.1. The summed E-state index contributed by atoms with van der Waals surface area (Å²) in [7, 11) is 0. The van der Waals surface area contributed by atoms with Crippen molar-refractivity contribution in [3.8, 4) is 5.75 Å². The molecule has 1 aliphatic rings. The molecule has 0 radical (unpaired) electrons. The van der Waals surface area contributed by atoms with Crippen molar-refractivity contribution in [2.24, 2.45) is 0 Å². The van der Waals surface area contributed by atoms with E-state index in [0.29, 0.717) is 6.20 Å². The maximum atomic E-state index is 12.5. The Morgan fingerprint density at radius 2 is 2.07 bits per heavy atom. The summed E-state index contributed by atoms with van der Waals surface area (Å²) in [5.74, 6) is -0.231. The minimum absolute atomic E-state index is 0.00125. The van der Waals surface area contributed by atoms with Crippen LogP contribution >= 0.6 is 11.6 Å². The van der Waals surface area contributed by atoms with Gasteiger partial charge in [0.15, 0.2) is 0 Å². The van der Waals surface area contributed by atoms with Crippen molar-refractivity contribution in [2.45, 2.75) is 25.1 Å². The predicted octanol–water partition coefficient (Wildman–Crippen LogP) is 3.30. The number of nitrogens with zero attached hydrogens (tertiary/aromatic N) is 1. The van der Waals surface area contributed by atoms with E-state index in [2.05, 4.69) is 4.98 Å². The molecule has 0 amide bonds. The van der Waals surface area contributed by atoms with Gasteiger partial charge in [-0.25, -0.2) is 4.98 Å². The molecule has 15 heavy (non-hydrogen) atoms. The molecular weight excluding hydrogens is 231 g/mol. The van der Waals surface area contributed by atoms with Gasteiger partial charge >= 0.3 is 6.18 Å². The van der Waals surface area contributed by atoms with Crippen molar-refractivity contribution in [3.63, 3.8) is 0 Å². The Kier molecular flexibility index (Phi) is 2.50. The van der Waals surface area contributed by atoms with Crippen LogP contribution in [0.2, 0.25) is 5.15 Å². The van der Waals surface area contributed by atoms with E-state index in [1.807, 2.05) is 0 Å². The normalized spacial score (nSPS) is 16.5. The number of aromatic nitrogens is 1. The van der Waals surface area contributed by atoms with Gasteiger partial charge in [0.2, 0.25) is 0 Å². The molecule has 6 heteroatoms. The second-order valence-electron chi connectivity index (χ2n) is 3.32. The smallest absolute Gasteiger partial charge is 0.421 e. The van der Waals surface area contributed by atoms with Crippen LogP contribution in [0.3, 0.4) is 0 Å². The molecule has 1 aromatic rings. The zero-order valence-electron chi connectivity index (χ0n) is 7.51. The Morgan fingerprint density at radius 1 is 1.40 bits per heavy atom. The molecule has 1 heterocycles. The standard InChI is InChI=1S/C9H7ClF3NO/c10-8-3-7(15-5-1-2-5)6(4-14-8)9(11,12)13/h3-5H,1-2H2. The average Bonchev–Trinajstić information content (AvgIpc) is 2.85. The quantitative estimate of drug-likeness (QED) is 0.737. The first-order chi connectivity index (χ1) is 6.97. The summed E-state index contributed by atoms with van der Waals surface area (Å²) < 4.78 is 42.6. The van der Waals surface area contributed by atoms with Crippen LogP contribution in [0.25, 0.3) is 0 Å². The van der Waals surface area contributed by atoms with Gasteiger partial charge in [0.1, 0.15) is 16.5 Å². The van der Waals surface area contributed by atoms with E-state index in [1.165, 1.54) is 0 Å². The first-order valence-electron chi connectivity index (χ1n) is 4.36. The van der Waals surface area contributed by atoms with Gasteiger partial charge < -0.3 is 4.74 Å². The summed E-state index contributed by atoms with van der Waals surface area (Å²) in [4.78, 5) is 3.40. The van der Waals surface area contributed by atoms with Gasteiger partial charge in [-0.2, -0.15) is 13.2 Å². The third kappa shape index (κ3) is 2.53. The minimum Gasteiger partial charge on any atom is -0.490 e. The van der Waals surface area contributed by atoms with E-state index in [4.69, 9.17) is 16.3 Å². The molecular formula is C9H7ClF3NO. The van der Waals surface area contributed by atoms with Crippen LogP contribution in [0.4, 0.5) is 13.2 Å². The van der Waals surface area contributed by atoms with Crippen molar-refractivity contribution in [1.29, 1.82) is 0 Å². The van der Waals surface area contributed by atoms with Gasteiger partial charge in [0.25, 0.3) is 0 Å². The van der Waals surface area contributed by atoms with Crippen LogP contribution in [0, 0.1) is 0 Å². The molecule has 0 bridgehead atoms. The molecule has 0 spiro atoms. The highest BCUT2D eigenvalue weighted by atomic mass is 35.5. The second kappa shape index (κ2) is 3.56. The minimum atomic E-state index is -4.46. The summed E-state index contributed by atoms with van der Waals surface area (Å²) in [5, 5.41) is -0.00125. The monoisotopic (exact) mass is 237 g/mol. The van der Waals surface area contributed by atoms with E-state index >= 15 is 0 Å². The zero-order valence-corrected chi connectivity index (χ0v) is 8.27. The Labute approximate surface area is 89.0 Å². The lowest BCUT2D eigenvalue weighted by atomic mass is 10.2. The molecule has 82 valence electrons. The summed E-state index contributed by atoms with van der Waals surface area (Å²) in [5.41, 5.74) is -0.876. The largest absolute Gasteiger partial charge is 0.490 e. The van der Waals surface area contributed by atoms with Crippen LogP contribution in [0.15, 0.2) is 12.3 Å². The lowest BCUT2D eigenvalue weighted by molar-refractivity contribution is -0.139. The third-order valence-electron chi connectivity index (χ3n) is 1.96. The van der Waals surface area contributed by atoms with Crippen LogP contribution in [-0.2, 0) is 6.18 Å². The van der Waals surface area contributed by atoms with Crippen molar-refractivity contribution in [3.05, 3.63) is 23.0 Å². The fourth-order valence-electron chi connectivity index (χ4n) is 1.09. The average molecular weight is 238 g/mol. The highest BCUT2D eigenvalue weighted by Crippen LogP contribution is 2.39. The topological polar surface area (TPSA) is 22.1 Å². The molecule has 2 nitrogen and oxygen atoms in total. The number of halogens is 4. The molecule has 1 aromatic heterocycles. The summed E-state index contributed by atoms with van der Waals surface area (Å²) in [6, 6.07) is 1.10. The van der Waals surface area contributed by atoms with Gasteiger partial charge in [0, 0.05) is 12.3 Å². The molecule has 1 saturated carbocycles. The van der Waals surface area contributed by atoms with Crippen LogP contribution in [0.5, 0.6) is 5.75 Å². The number of alkyl halides is 3. The number of hydrogen-bond acceptors (Lipinski definition) is 2. The highest BCUT2D eigenvalue weighted by molar-refractivity contribution is 6.29. The predicted molar refractivity (Wildman–Crippen MR) is 47.9 cm³/mol. The van der Waals surface area contributed by atoms with Gasteiger partial charge in [0.05, 0.1) is 6.10 Å². The molecule has 0 aliphatic heterocycles. The molecule has 0 saturated heterocycles. The fourth-order valence-corrected chi connectivity index (χ4v) is 1.24. The molecule has 2 rings (SSSR count). The van der Waals surface area contributed by atoms with E-state index < -0.39 is 11.7 Å². The molecule has 0 atom stereocenters. The number of ether oxygens (including phenoxy) is 1. The number of pyridine rings is 1. The first kappa shape index (κ1) is 10.5. The summed E-state index contributed by atoms with van der Waals surface area (Å²) in [6.45, 7) is 0. The maximum absolute atomic E-state index is 12.5. The molecule has 0 aromatic carbocycles. The lowest BCUT2D eigenvalue weighted by Gasteiger charge is -2.12. The fraction of sp³-hybridized carbons (Fsp3) is 0.444. The third-order valence-corrected chi connectivity index (χ3v) is 2.16. The van der Waals surface area contributed by atoms with Gasteiger partial charge in [-0.15, -0.1) is 0 Å². The Morgan fingerprint density at radius 3 is 2.60 bits per heavy atom. The first-order valence-corrected chi connectivity index (χ1v) is 4.74. The summed E-state index contributed by atoms with van der Waals surface area (Å²) >= 11 is 5.51. The van der Waals surface area contributed by atoms with Gasteiger partial charge in [-0.1, -0.05) is 11.6 Å². The van der Waals surface area contributed by atoms with Crippen LogP contribution in [0.1, 0.15) is 18.4 Å². The molecule has 0 N–H and O–H groups in total. The van der Waals surface area contributed by atoms with Crippen molar-refractivity contribution in [1.82, 2.24) is 4.98 Å². The van der Waals surface area contributed by atoms with Crippen molar-refractivity contribution in [2.75, 3.05) is 0 Å². The molecule has 0 unspecified atom stereocenters. The maximum Gasteiger partial charge on any atom is 0.421 e.